The average Bonchev–Trinajstić information content (AvgIpc) is 2.41. The summed E-state index contributed by atoms with van der Waals surface area (Å²) < 4.78 is 26.9. The zero-order chi connectivity index (χ0) is 13.9. The van der Waals surface area contributed by atoms with Crippen molar-refractivity contribution in [2.45, 2.75) is 17.1 Å². The molecule has 0 saturated carbocycles. The van der Waals surface area contributed by atoms with Crippen LogP contribution in [0.25, 0.3) is 0 Å². The van der Waals surface area contributed by atoms with E-state index in [2.05, 4.69) is 25.6 Å². The van der Waals surface area contributed by atoms with Crippen LogP contribution in [0.5, 0.6) is 0 Å². The summed E-state index contributed by atoms with van der Waals surface area (Å²) in [5.74, 6) is 0. The number of halogens is 1. The second-order valence-electron chi connectivity index (χ2n) is 4.02. The van der Waals surface area contributed by atoms with Crippen molar-refractivity contribution in [1.29, 1.82) is 0 Å². The fourth-order valence-electron chi connectivity index (χ4n) is 1.55. The molecule has 0 atom stereocenters. The molecule has 1 N–H and O–H groups in total. The molecule has 0 aliphatic heterocycles. The first-order valence-corrected chi connectivity index (χ1v) is 8.23. The number of hydrogen-bond donors (Lipinski definition) is 1. The molecule has 6 heteroatoms. The maximum absolute atomic E-state index is 12.2. The van der Waals surface area contributed by atoms with E-state index in [1.807, 2.05) is 0 Å². The van der Waals surface area contributed by atoms with Crippen LogP contribution in [0.2, 0.25) is 0 Å². The number of nitrogens with zero attached hydrogens (tertiary/aromatic N) is 1. The third-order valence-electron chi connectivity index (χ3n) is 2.64. The van der Waals surface area contributed by atoms with Crippen molar-refractivity contribution in [3.8, 4) is 0 Å². The first-order valence-electron chi connectivity index (χ1n) is 5.62. The average molecular weight is 341 g/mol. The van der Waals surface area contributed by atoms with E-state index in [9.17, 15) is 8.42 Å². The van der Waals surface area contributed by atoms with Crippen LogP contribution in [-0.2, 0) is 15.4 Å². The maximum Gasteiger partial charge on any atom is 0.261 e. The number of anilines is 1. The molecular formula is C13H13BrN2O2S. The highest BCUT2D eigenvalue weighted by molar-refractivity contribution is 9.08. The summed E-state index contributed by atoms with van der Waals surface area (Å²) >= 11 is 3.32. The number of benzene rings is 1. The zero-order valence-electron chi connectivity index (χ0n) is 10.3. The molecule has 0 bridgehead atoms. The Kier molecular flexibility index (Phi) is 4.21. The number of aromatic nitrogens is 1. The molecule has 0 saturated heterocycles. The lowest BCUT2D eigenvalue weighted by molar-refractivity contribution is 0.601. The predicted octanol–water partition coefficient (Wildman–Crippen LogP) is 3.09. The summed E-state index contributed by atoms with van der Waals surface area (Å²) in [7, 11) is -3.57. The van der Waals surface area contributed by atoms with Gasteiger partial charge in [0.1, 0.15) is 0 Å². The van der Waals surface area contributed by atoms with E-state index in [-0.39, 0.29) is 4.90 Å². The minimum atomic E-state index is -3.57. The standard InChI is InChI=1S/C13H13BrN2O2S/c1-10-13(3-2-8-15-10)16-19(17,18)12-6-4-11(9-14)5-7-12/h2-8,16H,9H2,1H3. The van der Waals surface area contributed by atoms with Crippen LogP contribution in [0.15, 0.2) is 47.5 Å². The molecule has 0 aliphatic carbocycles. The number of pyridine rings is 1. The molecule has 2 aromatic rings. The number of rotatable bonds is 4. The van der Waals surface area contributed by atoms with E-state index in [1.54, 1.807) is 49.5 Å². The molecule has 0 unspecified atom stereocenters. The van der Waals surface area contributed by atoms with Gasteiger partial charge in [-0.2, -0.15) is 0 Å². The van der Waals surface area contributed by atoms with Crippen molar-refractivity contribution < 1.29 is 8.42 Å². The quantitative estimate of drug-likeness (QED) is 0.870. The van der Waals surface area contributed by atoms with Crippen LogP contribution in [0.1, 0.15) is 11.3 Å². The van der Waals surface area contributed by atoms with Crippen LogP contribution in [-0.4, -0.2) is 13.4 Å². The highest BCUT2D eigenvalue weighted by atomic mass is 79.9. The van der Waals surface area contributed by atoms with Gasteiger partial charge in [-0.1, -0.05) is 28.1 Å². The summed E-state index contributed by atoms with van der Waals surface area (Å²) in [6.45, 7) is 1.76. The molecule has 19 heavy (non-hydrogen) atoms. The van der Waals surface area contributed by atoms with Crippen molar-refractivity contribution in [3.63, 3.8) is 0 Å². The Hall–Kier alpha value is -1.40. The van der Waals surface area contributed by atoms with Gasteiger partial charge < -0.3 is 0 Å². The summed E-state index contributed by atoms with van der Waals surface area (Å²) in [5.41, 5.74) is 2.16. The first-order chi connectivity index (χ1) is 9.03. The van der Waals surface area contributed by atoms with Crippen molar-refractivity contribution >= 4 is 31.6 Å². The molecule has 0 fully saturated rings. The largest absolute Gasteiger partial charge is 0.278 e. The fraction of sp³-hybridized carbons (Fsp3) is 0.154. The summed E-state index contributed by atoms with van der Waals surface area (Å²) in [4.78, 5) is 4.29. The van der Waals surface area contributed by atoms with Gasteiger partial charge in [-0.05, 0) is 36.8 Å². The smallest absolute Gasteiger partial charge is 0.261 e. The van der Waals surface area contributed by atoms with Crippen LogP contribution in [0, 0.1) is 6.92 Å². The number of hydrogen-bond acceptors (Lipinski definition) is 3. The lowest BCUT2D eigenvalue weighted by Gasteiger charge is -2.10. The topological polar surface area (TPSA) is 59.1 Å². The SMILES string of the molecule is Cc1ncccc1NS(=O)(=O)c1ccc(CBr)cc1. The normalized spacial score (nSPS) is 11.3. The van der Waals surface area contributed by atoms with Crippen LogP contribution in [0.3, 0.4) is 0 Å². The van der Waals surface area contributed by atoms with Gasteiger partial charge in [0.05, 0.1) is 16.3 Å². The second kappa shape index (κ2) is 5.71. The minimum Gasteiger partial charge on any atom is -0.278 e. The molecule has 2 rings (SSSR count). The number of alkyl halides is 1. The first kappa shape index (κ1) is 14.0. The van der Waals surface area contributed by atoms with Gasteiger partial charge in [-0.3, -0.25) is 9.71 Å². The number of aryl methyl sites for hydroxylation is 1. The Labute approximate surface area is 121 Å². The molecule has 0 radical (unpaired) electrons. The summed E-state index contributed by atoms with van der Waals surface area (Å²) in [5, 5.41) is 0.697. The highest BCUT2D eigenvalue weighted by Gasteiger charge is 2.15. The monoisotopic (exact) mass is 340 g/mol. The van der Waals surface area contributed by atoms with Gasteiger partial charge in [0.25, 0.3) is 10.0 Å². The van der Waals surface area contributed by atoms with Crippen molar-refractivity contribution in [3.05, 3.63) is 53.9 Å². The molecule has 4 nitrogen and oxygen atoms in total. The molecule has 1 aromatic carbocycles. The Balaban J connectivity index is 2.30. The van der Waals surface area contributed by atoms with E-state index in [4.69, 9.17) is 0 Å². The lowest BCUT2D eigenvalue weighted by Crippen LogP contribution is -2.14. The van der Waals surface area contributed by atoms with Gasteiger partial charge in [0, 0.05) is 11.5 Å². The number of sulfonamides is 1. The van der Waals surface area contributed by atoms with E-state index < -0.39 is 10.0 Å². The minimum absolute atomic E-state index is 0.237. The third-order valence-corrected chi connectivity index (χ3v) is 4.67. The van der Waals surface area contributed by atoms with E-state index in [0.717, 1.165) is 5.56 Å². The number of nitrogens with one attached hydrogen (secondary N) is 1. The van der Waals surface area contributed by atoms with Gasteiger partial charge in [0.15, 0.2) is 0 Å². The van der Waals surface area contributed by atoms with Gasteiger partial charge >= 0.3 is 0 Å². The Morgan fingerprint density at radius 2 is 1.89 bits per heavy atom. The molecule has 100 valence electrons. The van der Waals surface area contributed by atoms with Gasteiger partial charge in [0.2, 0.25) is 0 Å². The summed E-state index contributed by atoms with van der Waals surface area (Å²) in [6, 6.07) is 10.1. The predicted molar refractivity (Wildman–Crippen MR) is 78.9 cm³/mol. The maximum atomic E-state index is 12.2. The zero-order valence-corrected chi connectivity index (χ0v) is 12.7. The molecule has 0 amide bonds. The molecule has 0 aliphatic rings. The van der Waals surface area contributed by atoms with Gasteiger partial charge in [-0.25, -0.2) is 8.42 Å². The van der Waals surface area contributed by atoms with E-state index in [0.29, 0.717) is 16.7 Å². The highest BCUT2D eigenvalue weighted by Crippen LogP contribution is 2.18. The molecule has 1 heterocycles. The Morgan fingerprint density at radius 1 is 1.21 bits per heavy atom. The van der Waals surface area contributed by atoms with Crippen LogP contribution >= 0.6 is 15.9 Å². The fourth-order valence-corrected chi connectivity index (χ4v) is 3.04. The van der Waals surface area contributed by atoms with E-state index in [1.165, 1.54) is 0 Å². The van der Waals surface area contributed by atoms with Crippen molar-refractivity contribution in [1.82, 2.24) is 4.98 Å². The molecule has 0 spiro atoms. The van der Waals surface area contributed by atoms with Crippen LogP contribution in [0.4, 0.5) is 5.69 Å². The molecule has 1 aromatic heterocycles. The summed E-state index contributed by atoms with van der Waals surface area (Å²) in [6.07, 6.45) is 1.62. The second-order valence-corrected chi connectivity index (χ2v) is 6.26. The lowest BCUT2D eigenvalue weighted by atomic mass is 10.2. The molecular weight excluding hydrogens is 328 g/mol. The van der Waals surface area contributed by atoms with Crippen molar-refractivity contribution in [2.24, 2.45) is 0 Å². The van der Waals surface area contributed by atoms with Crippen LogP contribution < -0.4 is 4.72 Å². The van der Waals surface area contributed by atoms with E-state index >= 15 is 0 Å². The Bertz CT molecular complexity index is 669. The Morgan fingerprint density at radius 3 is 2.47 bits per heavy atom. The van der Waals surface area contributed by atoms with Gasteiger partial charge in [-0.15, -0.1) is 0 Å². The third kappa shape index (κ3) is 3.33. The van der Waals surface area contributed by atoms with Crippen molar-refractivity contribution in [2.75, 3.05) is 4.72 Å².